The van der Waals surface area contributed by atoms with E-state index >= 15 is 0 Å². The zero-order chi connectivity index (χ0) is 16.1. The highest BCUT2D eigenvalue weighted by molar-refractivity contribution is 7.98. The van der Waals surface area contributed by atoms with Crippen molar-refractivity contribution in [2.24, 2.45) is 0 Å². The summed E-state index contributed by atoms with van der Waals surface area (Å²) in [5.41, 5.74) is 1.90. The maximum Gasteiger partial charge on any atom is 0.243 e. The third-order valence-electron chi connectivity index (χ3n) is 3.75. The van der Waals surface area contributed by atoms with Crippen LogP contribution in [0.15, 0.2) is 48.8 Å². The first-order chi connectivity index (χ1) is 11.3. The number of hydrogen-bond donors (Lipinski definition) is 2. The molecule has 0 saturated heterocycles. The van der Waals surface area contributed by atoms with Crippen LogP contribution >= 0.6 is 11.8 Å². The van der Waals surface area contributed by atoms with Crippen molar-refractivity contribution in [3.63, 3.8) is 0 Å². The van der Waals surface area contributed by atoms with Crippen LogP contribution in [0.4, 0.5) is 0 Å². The smallest absolute Gasteiger partial charge is 0.243 e. The van der Waals surface area contributed by atoms with E-state index in [4.69, 9.17) is 0 Å². The van der Waals surface area contributed by atoms with E-state index in [2.05, 4.69) is 21.5 Å². The van der Waals surface area contributed by atoms with E-state index in [1.54, 1.807) is 11.8 Å². The van der Waals surface area contributed by atoms with Crippen LogP contribution < -0.4 is 5.32 Å². The number of carbonyl (C=O) groups is 1. The highest BCUT2D eigenvalue weighted by atomic mass is 32.2. The summed E-state index contributed by atoms with van der Waals surface area (Å²) in [5.74, 6) is 1.74. The number of fused-ring (bicyclic) bond motifs is 1. The highest BCUT2D eigenvalue weighted by Gasteiger charge is 2.19. The van der Waals surface area contributed by atoms with Gasteiger partial charge >= 0.3 is 0 Å². The highest BCUT2D eigenvalue weighted by Crippen LogP contribution is 2.16. The van der Waals surface area contributed by atoms with Gasteiger partial charge in [-0.2, -0.15) is 11.8 Å². The Bertz CT molecular complexity index is 733. The number of nitrogens with zero attached hydrogens (tertiary/aromatic N) is 2. The molecule has 0 radical (unpaired) electrons. The van der Waals surface area contributed by atoms with Gasteiger partial charge in [0.05, 0.1) is 17.6 Å². The van der Waals surface area contributed by atoms with E-state index in [1.165, 1.54) is 0 Å². The van der Waals surface area contributed by atoms with Crippen molar-refractivity contribution in [1.29, 1.82) is 0 Å². The molecule has 0 spiro atoms. The van der Waals surface area contributed by atoms with Gasteiger partial charge < -0.3 is 14.9 Å². The van der Waals surface area contributed by atoms with E-state index in [-0.39, 0.29) is 11.9 Å². The third-order valence-corrected chi connectivity index (χ3v) is 4.40. The van der Waals surface area contributed by atoms with Crippen molar-refractivity contribution >= 4 is 28.7 Å². The molecule has 3 rings (SSSR count). The lowest BCUT2D eigenvalue weighted by atomic mass is 10.2. The van der Waals surface area contributed by atoms with Gasteiger partial charge in [0, 0.05) is 12.4 Å². The Morgan fingerprint density at radius 1 is 1.30 bits per heavy atom. The van der Waals surface area contributed by atoms with Crippen LogP contribution in [0.2, 0.25) is 0 Å². The van der Waals surface area contributed by atoms with Gasteiger partial charge in [0.2, 0.25) is 5.91 Å². The minimum atomic E-state index is -0.179. The number of para-hydroxylation sites is 2. The van der Waals surface area contributed by atoms with Crippen molar-refractivity contribution in [1.82, 2.24) is 19.9 Å². The summed E-state index contributed by atoms with van der Waals surface area (Å²) in [6.07, 6.45) is 6.73. The van der Waals surface area contributed by atoms with Crippen LogP contribution in [0.1, 0.15) is 18.3 Å². The van der Waals surface area contributed by atoms with Gasteiger partial charge in [-0.05, 0) is 42.7 Å². The monoisotopic (exact) mass is 328 g/mol. The Morgan fingerprint density at radius 2 is 2.09 bits per heavy atom. The molecule has 0 fully saturated rings. The predicted molar refractivity (Wildman–Crippen MR) is 94.4 cm³/mol. The van der Waals surface area contributed by atoms with Gasteiger partial charge in [0.15, 0.2) is 0 Å². The number of aromatic nitrogens is 3. The number of carbonyl (C=O) groups excluding carboxylic acids is 1. The molecule has 2 heterocycles. The second kappa shape index (κ2) is 7.37. The van der Waals surface area contributed by atoms with E-state index < -0.39 is 0 Å². The number of nitrogens with one attached hydrogen (secondary N) is 2. The number of amides is 1. The molecule has 1 amide bonds. The van der Waals surface area contributed by atoms with Gasteiger partial charge in [-0.3, -0.25) is 4.79 Å². The summed E-state index contributed by atoms with van der Waals surface area (Å²) in [5, 5.41) is 2.99. The van der Waals surface area contributed by atoms with E-state index in [9.17, 15) is 4.79 Å². The van der Waals surface area contributed by atoms with Crippen LogP contribution in [-0.4, -0.2) is 32.5 Å². The SMILES string of the molecule is CSCC[C@H](C(=O)NCc1nc2ccccc2[nH]1)n1cccc1. The zero-order valence-electron chi connectivity index (χ0n) is 13.0. The molecule has 0 saturated carbocycles. The molecule has 2 aromatic heterocycles. The fraction of sp³-hybridized carbons (Fsp3) is 0.294. The van der Waals surface area contributed by atoms with E-state index in [0.29, 0.717) is 6.54 Å². The van der Waals surface area contributed by atoms with Crippen LogP contribution in [0.5, 0.6) is 0 Å². The molecule has 6 heteroatoms. The summed E-state index contributed by atoms with van der Waals surface area (Å²) in [7, 11) is 0. The standard InChI is InChI=1S/C17H20N4OS/c1-23-11-8-15(21-9-4-5-10-21)17(22)18-12-16-19-13-6-2-3-7-14(13)20-16/h2-7,9-10,15H,8,11-12H2,1H3,(H,18,22)(H,19,20)/t15-/m1/s1. The molecular weight excluding hydrogens is 308 g/mol. The Morgan fingerprint density at radius 3 is 2.83 bits per heavy atom. The Labute approximate surface area is 139 Å². The van der Waals surface area contributed by atoms with E-state index in [0.717, 1.165) is 29.0 Å². The number of benzene rings is 1. The van der Waals surface area contributed by atoms with Gasteiger partial charge in [-0.1, -0.05) is 12.1 Å². The van der Waals surface area contributed by atoms with E-state index in [1.807, 2.05) is 53.4 Å². The molecular formula is C17H20N4OS. The largest absolute Gasteiger partial charge is 0.347 e. The van der Waals surface area contributed by atoms with Crippen LogP contribution in [0.3, 0.4) is 0 Å². The second-order valence-corrected chi connectivity index (χ2v) is 6.33. The van der Waals surface area contributed by atoms with Crippen molar-refractivity contribution in [3.8, 4) is 0 Å². The lowest BCUT2D eigenvalue weighted by molar-refractivity contribution is -0.124. The van der Waals surface area contributed by atoms with Crippen molar-refractivity contribution < 1.29 is 4.79 Å². The molecule has 1 aromatic carbocycles. The molecule has 0 aliphatic rings. The summed E-state index contributed by atoms with van der Waals surface area (Å²) in [6, 6.07) is 11.6. The molecule has 1 atom stereocenters. The number of rotatable bonds is 7. The van der Waals surface area contributed by atoms with Crippen molar-refractivity contribution in [2.75, 3.05) is 12.0 Å². The predicted octanol–water partition coefficient (Wildman–Crippen LogP) is 2.98. The number of H-pyrrole nitrogens is 1. The molecule has 0 bridgehead atoms. The summed E-state index contributed by atoms with van der Waals surface area (Å²) in [6.45, 7) is 0.407. The Balaban J connectivity index is 1.66. The fourth-order valence-electron chi connectivity index (χ4n) is 2.58. The van der Waals surface area contributed by atoms with Crippen LogP contribution in [0, 0.1) is 0 Å². The second-order valence-electron chi connectivity index (χ2n) is 5.35. The molecule has 23 heavy (non-hydrogen) atoms. The normalized spacial score (nSPS) is 12.4. The average molecular weight is 328 g/mol. The maximum atomic E-state index is 12.6. The molecule has 3 aromatic rings. The van der Waals surface area contributed by atoms with Gasteiger partial charge in [-0.25, -0.2) is 4.98 Å². The quantitative estimate of drug-likeness (QED) is 0.701. The molecule has 2 N–H and O–H groups in total. The Hall–Kier alpha value is -2.21. The van der Waals surface area contributed by atoms with Gasteiger partial charge in [-0.15, -0.1) is 0 Å². The minimum Gasteiger partial charge on any atom is -0.347 e. The minimum absolute atomic E-state index is 0.0238. The lowest BCUT2D eigenvalue weighted by Gasteiger charge is -2.18. The number of hydrogen-bond acceptors (Lipinski definition) is 3. The molecule has 5 nitrogen and oxygen atoms in total. The van der Waals surface area contributed by atoms with Gasteiger partial charge in [0.1, 0.15) is 11.9 Å². The third kappa shape index (κ3) is 3.76. The fourth-order valence-corrected chi connectivity index (χ4v) is 3.04. The number of thioether (sulfide) groups is 1. The molecule has 0 aliphatic carbocycles. The molecule has 120 valence electrons. The zero-order valence-corrected chi connectivity index (χ0v) is 13.8. The summed E-state index contributed by atoms with van der Waals surface area (Å²) >= 11 is 1.75. The molecule has 0 aliphatic heterocycles. The van der Waals surface area contributed by atoms with Crippen molar-refractivity contribution in [2.45, 2.75) is 19.0 Å². The Kier molecular flexibility index (Phi) is 5.02. The number of imidazole rings is 1. The first kappa shape index (κ1) is 15.7. The number of aromatic amines is 1. The lowest BCUT2D eigenvalue weighted by Crippen LogP contribution is -2.32. The van der Waals surface area contributed by atoms with Crippen LogP contribution in [0.25, 0.3) is 11.0 Å². The average Bonchev–Trinajstić information content (AvgIpc) is 3.22. The first-order valence-electron chi connectivity index (χ1n) is 7.60. The van der Waals surface area contributed by atoms with Gasteiger partial charge in [0.25, 0.3) is 0 Å². The topological polar surface area (TPSA) is 62.7 Å². The van der Waals surface area contributed by atoms with Crippen LogP contribution in [-0.2, 0) is 11.3 Å². The molecule has 0 unspecified atom stereocenters. The summed E-state index contributed by atoms with van der Waals surface area (Å²) < 4.78 is 1.96. The van der Waals surface area contributed by atoms with Crippen molar-refractivity contribution in [3.05, 3.63) is 54.6 Å². The first-order valence-corrected chi connectivity index (χ1v) is 9.00. The summed E-state index contributed by atoms with van der Waals surface area (Å²) in [4.78, 5) is 20.3. The maximum absolute atomic E-state index is 12.6.